The van der Waals surface area contributed by atoms with Crippen LogP contribution in [0.15, 0.2) is 30.3 Å². The highest BCUT2D eigenvalue weighted by molar-refractivity contribution is 8.13. The van der Waals surface area contributed by atoms with Gasteiger partial charge in [-0.1, -0.05) is 41.6 Å². The lowest BCUT2D eigenvalue weighted by Crippen LogP contribution is -1.80. The van der Waals surface area contributed by atoms with Crippen molar-refractivity contribution < 1.29 is 4.79 Å². The van der Waals surface area contributed by atoms with Crippen LogP contribution in [0.5, 0.6) is 0 Å². The van der Waals surface area contributed by atoms with Gasteiger partial charge >= 0.3 is 0 Å². The standard InChI is InChI=1S/C10H9ClOS/c1-13-10(12)6-5-8-3-2-4-9(11)7-8/h2-7H,1H3/b6-5+. The number of benzene rings is 1. The molecule has 0 saturated heterocycles. The molecule has 0 heterocycles. The van der Waals surface area contributed by atoms with Crippen LogP contribution in [-0.4, -0.2) is 11.4 Å². The van der Waals surface area contributed by atoms with Gasteiger partial charge in [0, 0.05) is 5.02 Å². The molecule has 0 amide bonds. The number of hydrogen-bond acceptors (Lipinski definition) is 2. The molecule has 0 bridgehead atoms. The molecule has 0 fully saturated rings. The van der Waals surface area contributed by atoms with Crippen molar-refractivity contribution in [3.8, 4) is 0 Å². The summed E-state index contributed by atoms with van der Waals surface area (Å²) in [6.45, 7) is 0. The van der Waals surface area contributed by atoms with Crippen LogP contribution >= 0.6 is 23.4 Å². The molecule has 1 aromatic rings. The van der Waals surface area contributed by atoms with E-state index in [1.807, 2.05) is 18.2 Å². The Bertz CT molecular complexity index is 333. The van der Waals surface area contributed by atoms with Gasteiger partial charge in [0.15, 0.2) is 0 Å². The van der Waals surface area contributed by atoms with Gasteiger partial charge in [-0.25, -0.2) is 0 Å². The molecule has 0 unspecified atom stereocenters. The summed E-state index contributed by atoms with van der Waals surface area (Å²) in [5, 5.41) is 0.721. The van der Waals surface area contributed by atoms with E-state index in [0.29, 0.717) is 5.02 Å². The van der Waals surface area contributed by atoms with E-state index in [0.717, 1.165) is 5.56 Å². The van der Waals surface area contributed by atoms with Gasteiger partial charge in [0.1, 0.15) is 0 Å². The number of carbonyl (C=O) groups is 1. The van der Waals surface area contributed by atoms with Gasteiger partial charge in [-0.15, -0.1) is 0 Å². The van der Waals surface area contributed by atoms with Crippen LogP contribution in [0.25, 0.3) is 6.08 Å². The maximum Gasteiger partial charge on any atom is 0.211 e. The van der Waals surface area contributed by atoms with Gasteiger partial charge in [-0.3, -0.25) is 4.79 Å². The van der Waals surface area contributed by atoms with Gasteiger partial charge in [-0.2, -0.15) is 0 Å². The second-order valence-corrected chi connectivity index (χ2v) is 3.66. The molecule has 0 atom stereocenters. The zero-order chi connectivity index (χ0) is 9.68. The third-order valence-corrected chi connectivity index (χ3v) is 2.24. The van der Waals surface area contributed by atoms with Crippen LogP contribution in [0.2, 0.25) is 5.02 Å². The van der Waals surface area contributed by atoms with Crippen molar-refractivity contribution in [2.24, 2.45) is 0 Å². The van der Waals surface area contributed by atoms with Gasteiger partial charge in [0.2, 0.25) is 5.12 Å². The van der Waals surface area contributed by atoms with E-state index in [9.17, 15) is 4.79 Å². The monoisotopic (exact) mass is 212 g/mol. The summed E-state index contributed by atoms with van der Waals surface area (Å²) >= 11 is 6.96. The molecule has 0 aliphatic carbocycles. The summed E-state index contributed by atoms with van der Waals surface area (Å²) < 4.78 is 0. The Morgan fingerprint density at radius 2 is 2.31 bits per heavy atom. The molecule has 0 aromatic heterocycles. The van der Waals surface area contributed by atoms with Gasteiger partial charge in [0.05, 0.1) is 0 Å². The zero-order valence-corrected chi connectivity index (χ0v) is 8.73. The predicted molar refractivity (Wildman–Crippen MR) is 59.0 cm³/mol. The fourth-order valence-electron chi connectivity index (χ4n) is 0.843. The number of thioether (sulfide) groups is 1. The molecule has 13 heavy (non-hydrogen) atoms. The largest absolute Gasteiger partial charge is 0.282 e. The third kappa shape index (κ3) is 3.66. The van der Waals surface area contributed by atoms with Crippen molar-refractivity contribution in [1.29, 1.82) is 0 Å². The Labute approximate surface area is 86.8 Å². The van der Waals surface area contributed by atoms with Crippen LogP contribution in [0, 0.1) is 0 Å². The minimum absolute atomic E-state index is 0.0416. The topological polar surface area (TPSA) is 17.1 Å². The maximum absolute atomic E-state index is 10.9. The second kappa shape index (κ2) is 5.10. The molecule has 0 saturated carbocycles. The lowest BCUT2D eigenvalue weighted by Gasteiger charge is -1.92. The van der Waals surface area contributed by atoms with Crippen molar-refractivity contribution in [3.05, 3.63) is 40.9 Å². The number of carbonyl (C=O) groups excluding carboxylic acids is 1. The molecule has 1 aromatic carbocycles. The minimum Gasteiger partial charge on any atom is -0.282 e. The Morgan fingerprint density at radius 1 is 1.54 bits per heavy atom. The SMILES string of the molecule is CSC(=O)/C=C/c1cccc(Cl)c1. The molecule has 0 aliphatic heterocycles. The normalized spacial score (nSPS) is 10.6. The quantitative estimate of drug-likeness (QED) is 0.701. The van der Waals surface area contributed by atoms with E-state index in [1.165, 1.54) is 17.8 Å². The summed E-state index contributed by atoms with van der Waals surface area (Å²) in [6, 6.07) is 7.36. The first-order chi connectivity index (χ1) is 6.22. The molecular weight excluding hydrogens is 204 g/mol. The molecule has 0 radical (unpaired) electrons. The first-order valence-electron chi connectivity index (χ1n) is 3.74. The summed E-state index contributed by atoms with van der Waals surface area (Å²) in [5.41, 5.74) is 0.940. The smallest absolute Gasteiger partial charge is 0.211 e. The van der Waals surface area contributed by atoms with E-state index in [1.54, 1.807) is 18.4 Å². The Hall–Kier alpha value is -0.730. The van der Waals surface area contributed by atoms with Crippen molar-refractivity contribution in [2.75, 3.05) is 6.26 Å². The van der Waals surface area contributed by atoms with Gasteiger partial charge < -0.3 is 0 Å². The van der Waals surface area contributed by atoms with Crippen molar-refractivity contribution in [3.63, 3.8) is 0 Å². The Balaban J connectivity index is 2.74. The first-order valence-corrected chi connectivity index (χ1v) is 5.34. The van der Waals surface area contributed by atoms with Crippen molar-refractivity contribution in [1.82, 2.24) is 0 Å². The van der Waals surface area contributed by atoms with Crippen molar-refractivity contribution in [2.45, 2.75) is 0 Å². The Morgan fingerprint density at radius 3 is 2.92 bits per heavy atom. The van der Waals surface area contributed by atoms with Crippen LogP contribution in [-0.2, 0) is 4.79 Å². The summed E-state index contributed by atoms with van der Waals surface area (Å²) in [6.07, 6.45) is 5.05. The van der Waals surface area contributed by atoms with Crippen LogP contribution < -0.4 is 0 Å². The van der Waals surface area contributed by atoms with Crippen LogP contribution in [0.4, 0.5) is 0 Å². The molecule has 0 N–H and O–H groups in total. The van der Waals surface area contributed by atoms with Crippen molar-refractivity contribution >= 4 is 34.6 Å². The molecule has 3 heteroatoms. The predicted octanol–water partition coefficient (Wildman–Crippen LogP) is 3.24. The van der Waals surface area contributed by atoms with E-state index >= 15 is 0 Å². The fourth-order valence-corrected chi connectivity index (χ4v) is 1.25. The fraction of sp³-hybridized carbons (Fsp3) is 0.100. The average Bonchev–Trinajstić information content (AvgIpc) is 2.14. The number of hydrogen-bond donors (Lipinski definition) is 0. The molecule has 1 nitrogen and oxygen atoms in total. The average molecular weight is 213 g/mol. The first kappa shape index (κ1) is 10.4. The third-order valence-electron chi connectivity index (χ3n) is 1.46. The van der Waals surface area contributed by atoms with Crippen LogP contribution in [0.1, 0.15) is 5.56 Å². The lowest BCUT2D eigenvalue weighted by atomic mass is 10.2. The molecule has 0 aliphatic rings. The summed E-state index contributed by atoms with van der Waals surface area (Å²) in [4.78, 5) is 10.9. The van der Waals surface area contributed by atoms with Crippen LogP contribution in [0.3, 0.4) is 0 Å². The lowest BCUT2D eigenvalue weighted by molar-refractivity contribution is -0.106. The summed E-state index contributed by atoms with van der Waals surface area (Å²) in [7, 11) is 0. The van der Waals surface area contributed by atoms with E-state index in [-0.39, 0.29) is 5.12 Å². The van der Waals surface area contributed by atoms with E-state index in [2.05, 4.69) is 0 Å². The van der Waals surface area contributed by atoms with E-state index in [4.69, 9.17) is 11.6 Å². The number of rotatable bonds is 2. The number of halogens is 1. The molecule has 1 rings (SSSR count). The van der Waals surface area contributed by atoms with Gasteiger partial charge in [-0.05, 0) is 30.0 Å². The second-order valence-electron chi connectivity index (χ2n) is 2.41. The maximum atomic E-state index is 10.9. The zero-order valence-electron chi connectivity index (χ0n) is 7.16. The minimum atomic E-state index is 0.0416. The summed E-state index contributed by atoms with van der Waals surface area (Å²) in [5.74, 6) is 0. The Kier molecular flexibility index (Phi) is 4.06. The van der Waals surface area contributed by atoms with Gasteiger partial charge in [0.25, 0.3) is 0 Å². The molecule has 0 spiro atoms. The highest BCUT2D eigenvalue weighted by Gasteiger charge is 1.92. The highest BCUT2D eigenvalue weighted by Crippen LogP contribution is 2.12. The highest BCUT2D eigenvalue weighted by atomic mass is 35.5. The molecule has 68 valence electrons. The molecular formula is C10H9ClOS. The van der Waals surface area contributed by atoms with E-state index < -0.39 is 0 Å².